The predicted octanol–water partition coefficient (Wildman–Crippen LogP) is 3.27. The maximum atomic E-state index is 10.9. The Bertz CT molecular complexity index is 713. The summed E-state index contributed by atoms with van der Waals surface area (Å²) in [6.45, 7) is 0.529. The monoisotopic (exact) mass is 314 g/mol. The summed E-state index contributed by atoms with van der Waals surface area (Å²) in [5.41, 5.74) is 1.62. The second-order valence-corrected chi connectivity index (χ2v) is 4.79. The second-order valence-electron chi connectivity index (χ2n) is 4.79. The third-order valence-corrected chi connectivity index (χ3v) is 3.34. The molecule has 120 valence electrons. The van der Waals surface area contributed by atoms with Gasteiger partial charge in [-0.05, 0) is 30.2 Å². The number of hydrogen-bond acceptors (Lipinski definition) is 5. The Hall–Kier alpha value is -2.89. The van der Waals surface area contributed by atoms with Crippen molar-refractivity contribution < 1.29 is 14.4 Å². The maximum absolute atomic E-state index is 10.9. The van der Waals surface area contributed by atoms with Crippen LogP contribution in [0, 0.1) is 10.1 Å². The normalized spacial score (nSPS) is 10.7. The number of hydrogen-bond donors (Lipinski definition) is 0. The molecule has 0 fully saturated rings. The van der Waals surface area contributed by atoms with Crippen molar-refractivity contribution in [3.63, 3.8) is 0 Å². The van der Waals surface area contributed by atoms with Crippen LogP contribution in [0.3, 0.4) is 0 Å². The number of benzene rings is 2. The molecule has 0 saturated heterocycles. The van der Waals surface area contributed by atoms with Crippen LogP contribution in [0.2, 0.25) is 0 Å². The minimum atomic E-state index is -0.407. The average Bonchev–Trinajstić information content (AvgIpc) is 2.58. The Morgan fingerprint density at radius 3 is 2.57 bits per heavy atom. The minimum Gasteiger partial charge on any atom is -0.493 e. The highest BCUT2D eigenvalue weighted by Crippen LogP contribution is 2.27. The van der Waals surface area contributed by atoms with Crippen LogP contribution >= 0.6 is 0 Å². The van der Waals surface area contributed by atoms with Crippen LogP contribution in [0.5, 0.6) is 11.5 Å². The van der Waals surface area contributed by atoms with Gasteiger partial charge < -0.3 is 9.47 Å². The number of nitrogens with zero attached hydrogens (tertiary/aromatic N) is 2. The van der Waals surface area contributed by atoms with Crippen LogP contribution in [0.1, 0.15) is 11.1 Å². The molecule has 0 bridgehead atoms. The Labute approximate surface area is 134 Å². The van der Waals surface area contributed by atoms with Crippen molar-refractivity contribution in [2.45, 2.75) is 6.42 Å². The zero-order valence-electron chi connectivity index (χ0n) is 13.1. The standard InChI is InChI=1S/C17H18N2O4/c1-22-16-8-7-13(11-17(16)23-2)9-10-18-12-14-5-3-4-6-15(14)19(20)21/h3-8,11-12H,9-10H2,1-2H3. The number of rotatable bonds is 7. The summed E-state index contributed by atoms with van der Waals surface area (Å²) in [5, 5.41) is 10.9. The molecule has 0 atom stereocenters. The van der Waals surface area contributed by atoms with Crippen molar-refractivity contribution in [1.82, 2.24) is 0 Å². The van der Waals surface area contributed by atoms with Gasteiger partial charge in [-0.15, -0.1) is 0 Å². The molecule has 0 N–H and O–H groups in total. The van der Waals surface area contributed by atoms with E-state index in [2.05, 4.69) is 4.99 Å². The smallest absolute Gasteiger partial charge is 0.278 e. The van der Waals surface area contributed by atoms with Crippen molar-refractivity contribution in [3.05, 3.63) is 63.7 Å². The van der Waals surface area contributed by atoms with Crippen molar-refractivity contribution in [1.29, 1.82) is 0 Å². The third kappa shape index (κ3) is 4.29. The van der Waals surface area contributed by atoms with Gasteiger partial charge in [-0.3, -0.25) is 15.1 Å². The Kier molecular flexibility index (Phi) is 5.68. The molecule has 0 amide bonds. The Balaban J connectivity index is 2.01. The van der Waals surface area contributed by atoms with Crippen molar-refractivity contribution >= 4 is 11.9 Å². The lowest BCUT2D eigenvalue weighted by molar-refractivity contribution is -0.385. The molecule has 0 aliphatic heterocycles. The van der Waals surface area contributed by atoms with Gasteiger partial charge in [0, 0.05) is 18.8 Å². The van der Waals surface area contributed by atoms with E-state index < -0.39 is 4.92 Å². The van der Waals surface area contributed by atoms with Crippen molar-refractivity contribution in [3.8, 4) is 11.5 Å². The summed E-state index contributed by atoms with van der Waals surface area (Å²) in [4.78, 5) is 14.8. The van der Waals surface area contributed by atoms with E-state index in [1.54, 1.807) is 38.6 Å². The molecule has 0 heterocycles. The fourth-order valence-electron chi connectivity index (χ4n) is 2.16. The Morgan fingerprint density at radius 1 is 1.13 bits per heavy atom. The summed E-state index contributed by atoms with van der Waals surface area (Å²) in [6, 6.07) is 12.2. The first kappa shape index (κ1) is 16.5. The van der Waals surface area contributed by atoms with Gasteiger partial charge in [0.25, 0.3) is 5.69 Å². The molecule has 2 rings (SSSR count). The molecule has 0 aromatic heterocycles. The molecule has 6 heteroatoms. The highest BCUT2D eigenvalue weighted by molar-refractivity contribution is 5.85. The van der Waals surface area contributed by atoms with E-state index in [9.17, 15) is 10.1 Å². The lowest BCUT2D eigenvalue weighted by Crippen LogP contribution is -1.96. The van der Waals surface area contributed by atoms with Crippen molar-refractivity contribution in [2.24, 2.45) is 4.99 Å². The summed E-state index contributed by atoms with van der Waals surface area (Å²) in [5.74, 6) is 1.35. The van der Waals surface area contributed by atoms with Gasteiger partial charge in [0.15, 0.2) is 11.5 Å². The predicted molar refractivity (Wildman–Crippen MR) is 88.8 cm³/mol. The third-order valence-electron chi connectivity index (χ3n) is 3.34. The number of nitro groups is 1. The van der Waals surface area contributed by atoms with E-state index >= 15 is 0 Å². The van der Waals surface area contributed by atoms with Gasteiger partial charge in [0.05, 0.1) is 24.7 Å². The first-order valence-corrected chi connectivity index (χ1v) is 7.10. The number of nitro benzene ring substituents is 1. The van der Waals surface area contributed by atoms with Gasteiger partial charge in [-0.1, -0.05) is 18.2 Å². The van der Waals surface area contributed by atoms with E-state index in [1.165, 1.54) is 6.07 Å². The molecule has 6 nitrogen and oxygen atoms in total. The van der Waals surface area contributed by atoms with Gasteiger partial charge in [0.2, 0.25) is 0 Å². The SMILES string of the molecule is COc1ccc(CCN=Cc2ccccc2[N+](=O)[O-])cc1OC. The van der Waals surface area contributed by atoms with E-state index in [0.717, 1.165) is 5.56 Å². The van der Waals surface area contributed by atoms with Gasteiger partial charge >= 0.3 is 0 Å². The van der Waals surface area contributed by atoms with Crippen LogP contribution in [0.25, 0.3) is 0 Å². The van der Waals surface area contributed by atoms with E-state index in [4.69, 9.17) is 9.47 Å². The van der Waals surface area contributed by atoms with E-state index in [-0.39, 0.29) is 5.69 Å². The molecule has 23 heavy (non-hydrogen) atoms. The van der Waals surface area contributed by atoms with Gasteiger partial charge in [-0.25, -0.2) is 0 Å². The average molecular weight is 314 g/mol. The summed E-state index contributed by atoms with van der Waals surface area (Å²) >= 11 is 0. The highest BCUT2D eigenvalue weighted by Gasteiger charge is 2.09. The zero-order chi connectivity index (χ0) is 16.7. The number of para-hydroxylation sites is 1. The molecule has 0 unspecified atom stereocenters. The summed E-state index contributed by atoms with van der Waals surface area (Å²) < 4.78 is 10.4. The van der Waals surface area contributed by atoms with Crippen molar-refractivity contribution in [2.75, 3.05) is 20.8 Å². The summed E-state index contributed by atoms with van der Waals surface area (Å²) in [7, 11) is 3.18. The number of ether oxygens (including phenoxy) is 2. The quantitative estimate of drug-likeness (QED) is 0.446. The zero-order valence-corrected chi connectivity index (χ0v) is 13.1. The van der Waals surface area contributed by atoms with Gasteiger partial charge in [0.1, 0.15) is 0 Å². The topological polar surface area (TPSA) is 74.0 Å². The van der Waals surface area contributed by atoms with Gasteiger partial charge in [-0.2, -0.15) is 0 Å². The molecule has 0 spiro atoms. The first-order chi connectivity index (χ1) is 11.2. The van der Waals surface area contributed by atoms with Crippen LogP contribution in [-0.4, -0.2) is 31.9 Å². The fraction of sp³-hybridized carbons (Fsp3) is 0.235. The molecule has 0 radical (unpaired) electrons. The second kappa shape index (κ2) is 7.93. The highest BCUT2D eigenvalue weighted by atomic mass is 16.6. The molecule has 0 aliphatic carbocycles. The van der Waals surface area contributed by atoms with E-state index in [1.807, 2.05) is 18.2 Å². The summed E-state index contributed by atoms with van der Waals surface area (Å²) in [6.07, 6.45) is 2.25. The maximum Gasteiger partial charge on any atom is 0.278 e. The fourth-order valence-corrected chi connectivity index (χ4v) is 2.16. The molecule has 2 aromatic carbocycles. The minimum absolute atomic E-state index is 0.0577. The van der Waals surface area contributed by atoms with Crippen LogP contribution < -0.4 is 9.47 Å². The first-order valence-electron chi connectivity index (χ1n) is 7.10. The van der Waals surface area contributed by atoms with Crippen LogP contribution in [0.4, 0.5) is 5.69 Å². The lowest BCUT2D eigenvalue weighted by Gasteiger charge is -2.08. The molecular formula is C17H18N2O4. The van der Waals surface area contributed by atoms with Crippen LogP contribution in [0.15, 0.2) is 47.5 Å². The van der Waals surface area contributed by atoms with Crippen LogP contribution in [-0.2, 0) is 6.42 Å². The molecular weight excluding hydrogens is 296 g/mol. The molecule has 0 aliphatic rings. The van der Waals surface area contributed by atoms with E-state index in [0.29, 0.717) is 30.0 Å². The largest absolute Gasteiger partial charge is 0.493 e. The molecule has 2 aromatic rings. The Morgan fingerprint density at radius 2 is 1.87 bits per heavy atom. The molecule has 0 saturated carbocycles. The number of aliphatic imine (C=N–C) groups is 1. The number of methoxy groups -OCH3 is 2. The lowest BCUT2D eigenvalue weighted by atomic mass is 10.1.